The highest BCUT2D eigenvalue weighted by Crippen LogP contribution is 2.31. The molecule has 0 fully saturated rings. The third kappa shape index (κ3) is 5.76. The highest BCUT2D eigenvalue weighted by atomic mass is 32.1. The van der Waals surface area contributed by atoms with Crippen molar-refractivity contribution in [3.8, 4) is 11.6 Å². The summed E-state index contributed by atoms with van der Waals surface area (Å²) in [6.45, 7) is 0.681. The van der Waals surface area contributed by atoms with E-state index in [0.717, 1.165) is 37.2 Å². The smallest absolute Gasteiger partial charge is 0.236 e. The summed E-state index contributed by atoms with van der Waals surface area (Å²) in [5.74, 6) is 1.63. The summed E-state index contributed by atoms with van der Waals surface area (Å²) in [5, 5.41) is 25.9. The second kappa shape index (κ2) is 10.3. The van der Waals surface area contributed by atoms with E-state index in [1.807, 2.05) is 42.5 Å². The monoisotopic (exact) mass is 436 g/mol. The van der Waals surface area contributed by atoms with E-state index in [-0.39, 0.29) is 17.8 Å². The number of aromatic nitrogens is 1. The van der Waals surface area contributed by atoms with Crippen molar-refractivity contribution in [1.29, 1.82) is 5.41 Å². The Morgan fingerprint density at radius 3 is 2.94 bits per heavy atom. The Morgan fingerprint density at radius 2 is 2.13 bits per heavy atom. The third-order valence-electron chi connectivity index (χ3n) is 5.39. The molecular formula is C24H28N4O2S. The fourth-order valence-corrected chi connectivity index (χ4v) is 4.55. The molecule has 6 nitrogen and oxygen atoms in total. The van der Waals surface area contributed by atoms with Crippen molar-refractivity contribution in [2.75, 3.05) is 11.9 Å². The lowest BCUT2D eigenvalue weighted by Gasteiger charge is -2.19. The lowest BCUT2D eigenvalue weighted by atomic mass is 9.97. The zero-order chi connectivity index (χ0) is 21.5. The number of rotatable bonds is 8. The molecule has 4 N–H and O–H groups in total. The molecule has 0 spiro atoms. The van der Waals surface area contributed by atoms with Gasteiger partial charge in [0.2, 0.25) is 5.88 Å². The predicted octanol–water partition coefficient (Wildman–Crippen LogP) is 5.36. The normalized spacial score (nSPS) is 18.1. The average Bonchev–Trinajstić information content (AvgIpc) is 3.15. The van der Waals surface area contributed by atoms with Crippen LogP contribution < -0.4 is 15.4 Å². The lowest BCUT2D eigenvalue weighted by molar-refractivity contribution is 0.437. The van der Waals surface area contributed by atoms with Gasteiger partial charge < -0.3 is 20.5 Å². The van der Waals surface area contributed by atoms with Crippen LogP contribution in [0.2, 0.25) is 0 Å². The summed E-state index contributed by atoms with van der Waals surface area (Å²) in [7, 11) is 0. The van der Waals surface area contributed by atoms with E-state index >= 15 is 0 Å². The second-order valence-corrected chi connectivity index (χ2v) is 8.52. The van der Waals surface area contributed by atoms with Crippen LogP contribution in [0.5, 0.6) is 11.6 Å². The van der Waals surface area contributed by atoms with Gasteiger partial charge in [0.15, 0.2) is 0 Å². The van der Waals surface area contributed by atoms with Crippen molar-refractivity contribution in [2.24, 2.45) is 0 Å². The van der Waals surface area contributed by atoms with Crippen molar-refractivity contribution in [3.63, 3.8) is 0 Å². The van der Waals surface area contributed by atoms with E-state index in [4.69, 9.17) is 10.1 Å². The van der Waals surface area contributed by atoms with Crippen molar-refractivity contribution < 1.29 is 9.84 Å². The summed E-state index contributed by atoms with van der Waals surface area (Å²) >= 11 is 1.17. The molecule has 0 saturated carbocycles. The van der Waals surface area contributed by atoms with Crippen LogP contribution in [0.25, 0.3) is 0 Å². The Bertz CT molecular complexity index is 994. The third-order valence-corrected chi connectivity index (χ3v) is 6.16. The van der Waals surface area contributed by atoms with Crippen LogP contribution in [0.4, 0.5) is 5.00 Å². The SMILES string of the molecule is N=C(NCCC1=CCCCC1)c1c(O)nsc1NC1C=C(Oc2ccccc2)C=CC1. The number of amidine groups is 1. The number of hydrogen-bond acceptors (Lipinski definition) is 6. The fourth-order valence-electron chi connectivity index (χ4n) is 3.79. The highest BCUT2D eigenvalue weighted by Gasteiger charge is 2.21. The number of allylic oxidation sites excluding steroid dienone is 2. The molecule has 0 radical (unpaired) electrons. The maximum Gasteiger partial charge on any atom is 0.236 e. The minimum absolute atomic E-state index is 0.0116. The number of benzene rings is 1. The van der Waals surface area contributed by atoms with Crippen molar-refractivity contribution >= 4 is 22.4 Å². The molecule has 1 unspecified atom stereocenters. The maximum atomic E-state index is 10.2. The molecular weight excluding hydrogens is 408 g/mol. The highest BCUT2D eigenvalue weighted by molar-refractivity contribution is 7.10. The van der Waals surface area contributed by atoms with Gasteiger partial charge in [0, 0.05) is 6.54 Å². The number of nitrogens with one attached hydrogen (secondary N) is 3. The molecule has 162 valence electrons. The van der Waals surface area contributed by atoms with Crippen LogP contribution in [0.3, 0.4) is 0 Å². The quantitative estimate of drug-likeness (QED) is 0.254. The van der Waals surface area contributed by atoms with Crippen LogP contribution in [0, 0.1) is 5.41 Å². The van der Waals surface area contributed by atoms with Crippen LogP contribution >= 0.6 is 11.5 Å². The minimum atomic E-state index is -0.113. The standard InChI is InChI=1S/C24H28N4O2S/c25-22(26-15-14-17-8-3-1-4-9-17)21-23(29)28-31-24(21)27-18-10-7-13-20(16-18)30-19-11-5-2-6-12-19/h2,5-8,11-13,16,18,27H,1,3-4,9-10,14-15H2,(H2,25,26)(H,28,29). The van der Waals surface area contributed by atoms with Gasteiger partial charge in [-0.05, 0) is 74.3 Å². The number of nitrogens with zero attached hydrogens (tertiary/aromatic N) is 1. The number of para-hydroxylation sites is 1. The minimum Gasteiger partial charge on any atom is -0.492 e. The van der Waals surface area contributed by atoms with Gasteiger partial charge in [-0.15, -0.1) is 0 Å². The van der Waals surface area contributed by atoms with Crippen molar-refractivity contribution in [1.82, 2.24) is 9.69 Å². The lowest BCUT2D eigenvalue weighted by Crippen LogP contribution is -2.26. The molecule has 1 aromatic carbocycles. The molecule has 2 aliphatic rings. The van der Waals surface area contributed by atoms with Gasteiger partial charge in [-0.1, -0.05) is 35.9 Å². The summed E-state index contributed by atoms with van der Waals surface area (Å²) in [6, 6.07) is 9.66. The molecule has 0 amide bonds. The molecule has 2 aromatic rings. The summed E-state index contributed by atoms with van der Waals surface area (Å²) in [4.78, 5) is 0. The number of ether oxygens (including phenoxy) is 1. The Labute approximate surface area is 187 Å². The molecule has 0 bridgehead atoms. The number of anilines is 1. The Kier molecular flexibility index (Phi) is 7.04. The van der Waals surface area contributed by atoms with Crippen LogP contribution in [-0.4, -0.2) is 27.9 Å². The molecule has 1 atom stereocenters. The van der Waals surface area contributed by atoms with Gasteiger partial charge in [0.05, 0.1) is 6.04 Å². The van der Waals surface area contributed by atoms with Crippen LogP contribution in [0.1, 0.15) is 44.1 Å². The van der Waals surface area contributed by atoms with E-state index in [2.05, 4.69) is 27.2 Å². The predicted molar refractivity (Wildman–Crippen MR) is 126 cm³/mol. The Balaban J connectivity index is 1.37. The molecule has 1 aromatic heterocycles. The molecule has 4 rings (SSSR count). The zero-order valence-corrected chi connectivity index (χ0v) is 18.3. The number of aromatic hydroxyl groups is 1. The van der Waals surface area contributed by atoms with Gasteiger partial charge in [0.1, 0.15) is 27.9 Å². The first kappa shape index (κ1) is 21.2. The summed E-state index contributed by atoms with van der Waals surface area (Å²) in [6.07, 6.45) is 14.9. The summed E-state index contributed by atoms with van der Waals surface area (Å²) in [5.41, 5.74) is 1.89. The molecule has 0 saturated heterocycles. The van der Waals surface area contributed by atoms with Crippen LogP contribution in [-0.2, 0) is 0 Å². The average molecular weight is 437 g/mol. The molecule has 7 heteroatoms. The zero-order valence-electron chi connectivity index (χ0n) is 17.4. The molecule has 0 aliphatic heterocycles. The van der Waals surface area contributed by atoms with Crippen molar-refractivity contribution in [2.45, 2.75) is 44.6 Å². The Morgan fingerprint density at radius 1 is 1.26 bits per heavy atom. The largest absolute Gasteiger partial charge is 0.492 e. The first-order valence-electron chi connectivity index (χ1n) is 10.8. The fraction of sp³-hybridized carbons (Fsp3) is 0.333. The van der Waals surface area contributed by atoms with E-state index in [1.165, 1.54) is 29.9 Å². The first-order valence-corrected chi connectivity index (χ1v) is 11.5. The van der Waals surface area contributed by atoms with Gasteiger partial charge >= 0.3 is 0 Å². The van der Waals surface area contributed by atoms with Crippen molar-refractivity contribution in [3.05, 3.63) is 71.5 Å². The van der Waals surface area contributed by atoms with Gasteiger partial charge in [-0.25, -0.2) is 0 Å². The molecule has 1 heterocycles. The Hall–Kier alpha value is -3.06. The van der Waals surface area contributed by atoms with E-state index in [9.17, 15) is 5.11 Å². The first-order chi connectivity index (χ1) is 15.2. The molecule has 2 aliphatic carbocycles. The maximum absolute atomic E-state index is 10.2. The topological polar surface area (TPSA) is 90.3 Å². The van der Waals surface area contributed by atoms with Crippen LogP contribution in [0.15, 0.2) is 66.0 Å². The van der Waals surface area contributed by atoms with E-state index in [1.54, 1.807) is 0 Å². The number of hydrogen-bond donors (Lipinski definition) is 4. The second-order valence-electron chi connectivity index (χ2n) is 7.74. The van der Waals surface area contributed by atoms with Gasteiger partial charge in [-0.2, -0.15) is 4.37 Å². The van der Waals surface area contributed by atoms with Gasteiger partial charge in [0.25, 0.3) is 0 Å². The summed E-state index contributed by atoms with van der Waals surface area (Å²) < 4.78 is 9.99. The van der Waals surface area contributed by atoms with Gasteiger partial charge in [-0.3, -0.25) is 5.41 Å². The van der Waals surface area contributed by atoms with E-state index in [0.29, 0.717) is 17.1 Å². The van der Waals surface area contributed by atoms with E-state index < -0.39 is 0 Å². The molecule has 31 heavy (non-hydrogen) atoms.